The largest absolute Gasteiger partial charge is 0.389 e. The summed E-state index contributed by atoms with van der Waals surface area (Å²) < 4.78 is 0. The second kappa shape index (κ2) is 7.48. The zero-order valence-corrected chi connectivity index (χ0v) is 11.8. The first-order valence-corrected chi connectivity index (χ1v) is 9.33. The molecule has 1 unspecified atom stereocenters. The molecule has 1 atom stereocenters. The Morgan fingerprint density at radius 2 is 2.06 bits per heavy atom. The van der Waals surface area contributed by atoms with Gasteiger partial charge in [0, 0.05) is 6.42 Å². The molecule has 0 aliphatic rings. The molecule has 0 heterocycles. The summed E-state index contributed by atoms with van der Waals surface area (Å²) >= 11 is 0. The lowest BCUT2D eigenvalue weighted by molar-refractivity contribution is 0.198. The summed E-state index contributed by atoms with van der Waals surface area (Å²) in [4.78, 5) is 0. The van der Waals surface area contributed by atoms with Crippen LogP contribution in [0.4, 0.5) is 0 Å². The van der Waals surface area contributed by atoms with E-state index >= 15 is 0 Å². The minimum Gasteiger partial charge on any atom is -0.389 e. The molecule has 0 aliphatic heterocycles. The van der Waals surface area contributed by atoms with Gasteiger partial charge in [-0.3, -0.25) is 0 Å². The minimum atomic E-state index is -1.24. The molecule has 0 aromatic carbocycles. The first-order chi connectivity index (χ1) is 7.37. The summed E-state index contributed by atoms with van der Waals surface area (Å²) in [5, 5.41) is 9.72. The van der Waals surface area contributed by atoms with E-state index in [0.717, 1.165) is 31.3 Å². The molecule has 0 aromatic rings. The standard InChI is InChI=1S/C14H24OSi/c1-6-7-11-14(15)13(2)10-8-9-12-16(3,4)5/h6,14-15H,1-2,7-8,10-11H2,3-5H3. The van der Waals surface area contributed by atoms with Crippen LogP contribution in [0.3, 0.4) is 0 Å². The molecule has 0 rings (SSSR count). The summed E-state index contributed by atoms with van der Waals surface area (Å²) in [6, 6.07) is 0. The maximum atomic E-state index is 9.72. The fourth-order valence-electron chi connectivity index (χ4n) is 1.20. The van der Waals surface area contributed by atoms with Crippen molar-refractivity contribution >= 4 is 8.07 Å². The van der Waals surface area contributed by atoms with Crippen LogP contribution in [-0.2, 0) is 0 Å². The Hall–Kier alpha value is -0.783. The van der Waals surface area contributed by atoms with Gasteiger partial charge in [-0.15, -0.1) is 18.0 Å². The molecule has 0 bridgehead atoms. The van der Waals surface area contributed by atoms with Crippen molar-refractivity contribution in [2.24, 2.45) is 0 Å². The summed E-state index contributed by atoms with van der Waals surface area (Å²) in [6.45, 7) is 14.2. The fourth-order valence-corrected chi connectivity index (χ4v) is 1.85. The molecule has 1 nitrogen and oxygen atoms in total. The second-order valence-corrected chi connectivity index (χ2v) is 9.84. The third kappa shape index (κ3) is 8.52. The highest BCUT2D eigenvalue weighted by Crippen LogP contribution is 2.12. The van der Waals surface area contributed by atoms with Crippen LogP contribution in [-0.4, -0.2) is 19.3 Å². The summed E-state index contributed by atoms with van der Waals surface area (Å²) in [5.74, 6) is 3.19. The normalized spacial score (nSPS) is 12.5. The van der Waals surface area contributed by atoms with Gasteiger partial charge in [-0.2, -0.15) is 0 Å². The van der Waals surface area contributed by atoms with E-state index in [9.17, 15) is 5.11 Å². The molecular formula is C14H24OSi. The zero-order chi connectivity index (χ0) is 12.6. The number of rotatable bonds is 6. The molecule has 0 amide bonds. The Kier molecular flexibility index (Phi) is 7.12. The van der Waals surface area contributed by atoms with Gasteiger partial charge in [0.2, 0.25) is 0 Å². The van der Waals surface area contributed by atoms with Gasteiger partial charge in [0.15, 0.2) is 0 Å². The van der Waals surface area contributed by atoms with Crippen LogP contribution in [0.15, 0.2) is 24.8 Å². The molecule has 90 valence electrons. The Labute approximate surface area is 101 Å². The molecule has 0 aliphatic carbocycles. The topological polar surface area (TPSA) is 20.2 Å². The van der Waals surface area contributed by atoms with E-state index < -0.39 is 14.2 Å². The predicted molar refractivity (Wildman–Crippen MR) is 74.9 cm³/mol. The first-order valence-electron chi connectivity index (χ1n) is 5.83. The highest BCUT2D eigenvalue weighted by atomic mass is 28.3. The van der Waals surface area contributed by atoms with E-state index in [-0.39, 0.29) is 0 Å². The Morgan fingerprint density at radius 1 is 1.44 bits per heavy atom. The molecule has 0 saturated carbocycles. The van der Waals surface area contributed by atoms with Gasteiger partial charge >= 0.3 is 0 Å². The van der Waals surface area contributed by atoms with Crippen molar-refractivity contribution in [2.75, 3.05) is 0 Å². The predicted octanol–water partition coefficient (Wildman–Crippen LogP) is 3.53. The molecule has 0 aromatic heterocycles. The maximum Gasteiger partial charge on any atom is 0.129 e. The smallest absolute Gasteiger partial charge is 0.129 e. The van der Waals surface area contributed by atoms with Crippen LogP contribution >= 0.6 is 0 Å². The van der Waals surface area contributed by atoms with Crippen LogP contribution in [0, 0.1) is 11.5 Å². The molecule has 16 heavy (non-hydrogen) atoms. The molecule has 0 saturated heterocycles. The summed E-state index contributed by atoms with van der Waals surface area (Å²) in [6.07, 6.45) is 4.60. The van der Waals surface area contributed by atoms with E-state index in [4.69, 9.17) is 0 Å². The van der Waals surface area contributed by atoms with Gasteiger partial charge in [0.1, 0.15) is 8.07 Å². The van der Waals surface area contributed by atoms with Crippen LogP contribution in [0.25, 0.3) is 0 Å². The number of hydrogen-bond donors (Lipinski definition) is 1. The molecule has 0 spiro atoms. The zero-order valence-electron chi connectivity index (χ0n) is 10.8. The lowest BCUT2D eigenvalue weighted by atomic mass is 10.0. The highest BCUT2D eigenvalue weighted by Gasteiger charge is 2.08. The lowest BCUT2D eigenvalue weighted by Gasteiger charge is -2.11. The van der Waals surface area contributed by atoms with Crippen molar-refractivity contribution in [3.63, 3.8) is 0 Å². The van der Waals surface area contributed by atoms with Crippen molar-refractivity contribution in [1.29, 1.82) is 0 Å². The van der Waals surface area contributed by atoms with Gasteiger partial charge in [0.25, 0.3) is 0 Å². The Morgan fingerprint density at radius 3 is 2.56 bits per heavy atom. The molecule has 2 heteroatoms. The highest BCUT2D eigenvalue weighted by molar-refractivity contribution is 6.83. The Balaban J connectivity index is 3.88. The number of hydrogen-bond acceptors (Lipinski definition) is 1. The third-order valence-corrected chi connectivity index (χ3v) is 3.08. The number of aliphatic hydroxyl groups excluding tert-OH is 1. The van der Waals surface area contributed by atoms with E-state index in [1.807, 2.05) is 6.08 Å². The quantitative estimate of drug-likeness (QED) is 0.425. The van der Waals surface area contributed by atoms with Crippen LogP contribution in [0.5, 0.6) is 0 Å². The van der Waals surface area contributed by atoms with Crippen molar-refractivity contribution in [3.05, 3.63) is 24.8 Å². The maximum absolute atomic E-state index is 9.72. The van der Waals surface area contributed by atoms with Gasteiger partial charge < -0.3 is 5.11 Å². The van der Waals surface area contributed by atoms with Gasteiger partial charge in [-0.05, 0) is 24.8 Å². The van der Waals surface area contributed by atoms with Crippen molar-refractivity contribution in [2.45, 2.75) is 51.4 Å². The third-order valence-electron chi connectivity index (χ3n) is 2.15. The van der Waals surface area contributed by atoms with Crippen LogP contribution < -0.4 is 0 Å². The average molecular weight is 236 g/mol. The second-order valence-electron chi connectivity index (χ2n) is 5.09. The Bertz CT molecular complexity index is 288. The van der Waals surface area contributed by atoms with Crippen molar-refractivity contribution in [3.8, 4) is 11.5 Å². The van der Waals surface area contributed by atoms with E-state index in [1.165, 1.54) is 0 Å². The number of allylic oxidation sites excluding steroid dienone is 1. The van der Waals surface area contributed by atoms with E-state index in [1.54, 1.807) is 0 Å². The monoisotopic (exact) mass is 236 g/mol. The molecule has 0 fully saturated rings. The van der Waals surface area contributed by atoms with Gasteiger partial charge in [-0.25, -0.2) is 0 Å². The SMILES string of the molecule is C=CCCC(O)C(=C)CCC#C[Si](C)(C)C. The average Bonchev–Trinajstić information content (AvgIpc) is 2.19. The number of aliphatic hydroxyl groups is 1. The fraction of sp³-hybridized carbons (Fsp3) is 0.571. The van der Waals surface area contributed by atoms with Crippen LogP contribution in [0.2, 0.25) is 19.6 Å². The summed E-state index contributed by atoms with van der Waals surface area (Å²) in [7, 11) is -1.24. The lowest BCUT2D eigenvalue weighted by Crippen LogP contribution is -2.16. The van der Waals surface area contributed by atoms with Crippen molar-refractivity contribution < 1.29 is 5.11 Å². The molecule has 1 N–H and O–H groups in total. The molecule has 0 radical (unpaired) electrons. The van der Waals surface area contributed by atoms with E-state index in [2.05, 4.69) is 44.3 Å². The van der Waals surface area contributed by atoms with Gasteiger partial charge in [0.05, 0.1) is 6.10 Å². The van der Waals surface area contributed by atoms with Crippen molar-refractivity contribution in [1.82, 2.24) is 0 Å². The minimum absolute atomic E-state index is 0.397. The van der Waals surface area contributed by atoms with Crippen LogP contribution in [0.1, 0.15) is 25.7 Å². The first kappa shape index (κ1) is 15.2. The van der Waals surface area contributed by atoms with Gasteiger partial charge in [-0.1, -0.05) is 32.3 Å². The molecular weight excluding hydrogens is 212 g/mol. The summed E-state index contributed by atoms with van der Waals surface area (Å²) in [5.41, 5.74) is 4.20. The van der Waals surface area contributed by atoms with E-state index in [0.29, 0.717) is 0 Å².